The summed E-state index contributed by atoms with van der Waals surface area (Å²) in [7, 11) is 1.64. The lowest BCUT2D eigenvalue weighted by Gasteiger charge is -2.05. The number of halogens is 1. The van der Waals surface area contributed by atoms with Crippen molar-refractivity contribution in [3.63, 3.8) is 0 Å². The monoisotopic (exact) mass is 288 g/mol. The van der Waals surface area contributed by atoms with Crippen molar-refractivity contribution < 1.29 is 9.13 Å². The van der Waals surface area contributed by atoms with Gasteiger partial charge in [0.1, 0.15) is 11.6 Å². The minimum atomic E-state index is -0.234. The maximum Gasteiger partial charge on any atom is 0.188 e. The molecule has 5 heteroatoms. The van der Waals surface area contributed by atoms with E-state index in [1.165, 1.54) is 23.5 Å². The summed E-state index contributed by atoms with van der Waals surface area (Å²) >= 11 is 1.54. The second-order valence-electron chi connectivity index (χ2n) is 4.44. The van der Waals surface area contributed by atoms with E-state index in [0.29, 0.717) is 0 Å². The summed E-state index contributed by atoms with van der Waals surface area (Å²) < 4.78 is 19.3. The van der Waals surface area contributed by atoms with E-state index in [2.05, 4.69) is 10.3 Å². The zero-order chi connectivity index (χ0) is 14.1. The van der Waals surface area contributed by atoms with Gasteiger partial charge in [0.25, 0.3) is 0 Å². The van der Waals surface area contributed by atoms with E-state index >= 15 is 0 Å². The smallest absolute Gasteiger partial charge is 0.188 e. The first kappa shape index (κ1) is 12.9. The second kappa shape index (κ2) is 5.09. The van der Waals surface area contributed by atoms with Gasteiger partial charge in [-0.2, -0.15) is 0 Å². The zero-order valence-electron chi connectivity index (χ0n) is 11.1. The largest absolute Gasteiger partial charge is 0.497 e. The molecule has 2 aromatic carbocycles. The van der Waals surface area contributed by atoms with E-state index in [9.17, 15) is 4.39 Å². The second-order valence-corrected chi connectivity index (χ2v) is 5.47. The van der Waals surface area contributed by atoms with Crippen LogP contribution in [0.3, 0.4) is 0 Å². The minimum absolute atomic E-state index is 0.234. The predicted octanol–water partition coefficient (Wildman–Crippen LogP) is 4.50. The van der Waals surface area contributed by atoms with Gasteiger partial charge in [0.2, 0.25) is 0 Å². The summed E-state index contributed by atoms with van der Waals surface area (Å²) in [6.07, 6.45) is 0. The van der Waals surface area contributed by atoms with Gasteiger partial charge in [-0.3, -0.25) is 0 Å². The fourth-order valence-electron chi connectivity index (χ4n) is 1.97. The SMILES string of the molecule is COc1ccc2nc(Nc3ccc(F)cc3C)sc2c1. The highest BCUT2D eigenvalue weighted by atomic mass is 32.1. The number of thiazole rings is 1. The lowest BCUT2D eigenvalue weighted by atomic mass is 10.2. The molecule has 0 aliphatic rings. The normalized spacial score (nSPS) is 10.8. The molecule has 1 aromatic heterocycles. The number of hydrogen-bond acceptors (Lipinski definition) is 4. The lowest BCUT2D eigenvalue weighted by Crippen LogP contribution is -1.92. The Morgan fingerprint density at radius 1 is 1.20 bits per heavy atom. The Kier molecular flexibility index (Phi) is 3.28. The van der Waals surface area contributed by atoms with Gasteiger partial charge >= 0.3 is 0 Å². The first-order valence-electron chi connectivity index (χ1n) is 6.13. The molecular weight excluding hydrogens is 275 g/mol. The van der Waals surface area contributed by atoms with Crippen LogP contribution in [0, 0.1) is 12.7 Å². The first-order chi connectivity index (χ1) is 9.65. The summed E-state index contributed by atoms with van der Waals surface area (Å²) in [5.74, 6) is 0.577. The Balaban J connectivity index is 1.94. The number of fused-ring (bicyclic) bond motifs is 1. The molecule has 102 valence electrons. The van der Waals surface area contributed by atoms with Crippen molar-refractivity contribution in [2.75, 3.05) is 12.4 Å². The molecule has 1 N–H and O–H groups in total. The standard InChI is InChI=1S/C15H13FN2OS/c1-9-7-10(16)3-5-12(9)17-15-18-13-6-4-11(19-2)8-14(13)20-15/h3-8H,1-2H3,(H,17,18). The van der Waals surface area contributed by atoms with E-state index in [4.69, 9.17) is 4.74 Å². The Labute approximate surface area is 120 Å². The fourth-order valence-corrected chi connectivity index (χ4v) is 2.87. The van der Waals surface area contributed by atoms with E-state index in [0.717, 1.165) is 32.3 Å². The molecule has 0 aliphatic carbocycles. The van der Waals surface area contributed by atoms with Crippen molar-refractivity contribution in [3.8, 4) is 5.75 Å². The van der Waals surface area contributed by atoms with Crippen LogP contribution >= 0.6 is 11.3 Å². The van der Waals surface area contributed by atoms with E-state index in [1.807, 2.05) is 25.1 Å². The molecule has 0 unspecified atom stereocenters. The third-order valence-corrected chi connectivity index (χ3v) is 3.96. The number of nitrogens with one attached hydrogen (secondary N) is 1. The van der Waals surface area contributed by atoms with Crippen LogP contribution in [-0.2, 0) is 0 Å². The van der Waals surface area contributed by atoms with Crippen LogP contribution < -0.4 is 10.1 Å². The molecule has 0 bridgehead atoms. The van der Waals surface area contributed by atoms with Crippen molar-refractivity contribution in [2.45, 2.75) is 6.92 Å². The molecule has 0 fully saturated rings. The molecule has 3 nitrogen and oxygen atoms in total. The van der Waals surface area contributed by atoms with Crippen LogP contribution in [-0.4, -0.2) is 12.1 Å². The van der Waals surface area contributed by atoms with E-state index in [1.54, 1.807) is 13.2 Å². The van der Waals surface area contributed by atoms with Crippen LogP contribution in [0.5, 0.6) is 5.75 Å². The summed E-state index contributed by atoms with van der Waals surface area (Å²) in [6, 6.07) is 10.4. The van der Waals surface area contributed by atoms with Crippen LogP contribution in [0.25, 0.3) is 10.2 Å². The van der Waals surface area contributed by atoms with Crippen LogP contribution in [0.15, 0.2) is 36.4 Å². The molecule has 0 saturated carbocycles. The molecule has 20 heavy (non-hydrogen) atoms. The van der Waals surface area contributed by atoms with Gasteiger partial charge in [0.15, 0.2) is 5.13 Å². The minimum Gasteiger partial charge on any atom is -0.497 e. The maximum atomic E-state index is 13.1. The first-order valence-corrected chi connectivity index (χ1v) is 6.95. The summed E-state index contributed by atoms with van der Waals surface area (Å²) in [6.45, 7) is 1.86. The topological polar surface area (TPSA) is 34.1 Å². The number of rotatable bonds is 3. The number of hydrogen-bond donors (Lipinski definition) is 1. The molecule has 3 aromatic rings. The predicted molar refractivity (Wildman–Crippen MR) is 80.6 cm³/mol. The van der Waals surface area contributed by atoms with Crippen molar-refractivity contribution in [3.05, 3.63) is 47.8 Å². The van der Waals surface area contributed by atoms with Gasteiger partial charge in [0, 0.05) is 5.69 Å². The molecule has 0 atom stereocenters. The van der Waals surface area contributed by atoms with Gasteiger partial charge in [-0.05, 0) is 48.9 Å². The van der Waals surface area contributed by atoms with Crippen LogP contribution in [0.4, 0.5) is 15.2 Å². The number of ether oxygens (including phenoxy) is 1. The Morgan fingerprint density at radius 3 is 2.80 bits per heavy atom. The quantitative estimate of drug-likeness (QED) is 0.770. The number of methoxy groups -OCH3 is 1. The third kappa shape index (κ3) is 2.44. The summed E-state index contributed by atoms with van der Waals surface area (Å²) in [5.41, 5.74) is 2.62. The summed E-state index contributed by atoms with van der Waals surface area (Å²) in [5, 5.41) is 4.01. The molecular formula is C15H13FN2OS. The average molecular weight is 288 g/mol. The highest BCUT2D eigenvalue weighted by Crippen LogP contribution is 2.31. The van der Waals surface area contributed by atoms with Crippen molar-refractivity contribution in [2.24, 2.45) is 0 Å². The fraction of sp³-hybridized carbons (Fsp3) is 0.133. The Morgan fingerprint density at radius 2 is 2.05 bits per heavy atom. The van der Waals surface area contributed by atoms with Gasteiger partial charge < -0.3 is 10.1 Å². The van der Waals surface area contributed by atoms with Crippen molar-refractivity contribution in [1.29, 1.82) is 0 Å². The number of aryl methyl sites for hydroxylation is 1. The Bertz CT molecular complexity index is 770. The molecule has 0 amide bonds. The number of nitrogens with zero attached hydrogens (tertiary/aromatic N) is 1. The van der Waals surface area contributed by atoms with Crippen molar-refractivity contribution in [1.82, 2.24) is 4.98 Å². The van der Waals surface area contributed by atoms with Crippen LogP contribution in [0.1, 0.15) is 5.56 Å². The van der Waals surface area contributed by atoms with Crippen molar-refractivity contribution >= 4 is 32.4 Å². The van der Waals surface area contributed by atoms with Gasteiger partial charge in [0.05, 0.1) is 17.3 Å². The van der Waals surface area contributed by atoms with E-state index in [-0.39, 0.29) is 5.82 Å². The number of aromatic nitrogens is 1. The number of benzene rings is 2. The number of anilines is 2. The van der Waals surface area contributed by atoms with Gasteiger partial charge in [-0.25, -0.2) is 9.37 Å². The maximum absolute atomic E-state index is 13.1. The molecule has 0 saturated heterocycles. The molecule has 1 heterocycles. The van der Waals surface area contributed by atoms with E-state index < -0.39 is 0 Å². The summed E-state index contributed by atoms with van der Waals surface area (Å²) in [4.78, 5) is 4.51. The van der Waals surface area contributed by atoms with Gasteiger partial charge in [-0.15, -0.1) is 0 Å². The van der Waals surface area contributed by atoms with Crippen LogP contribution in [0.2, 0.25) is 0 Å². The Hall–Kier alpha value is -2.14. The molecule has 0 spiro atoms. The van der Waals surface area contributed by atoms with Gasteiger partial charge in [-0.1, -0.05) is 11.3 Å². The zero-order valence-corrected chi connectivity index (χ0v) is 11.9. The molecule has 3 rings (SSSR count). The molecule has 0 aliphatic heterocycles. The molecule has 0 radical (unpaired) electrons. The average Bonchev–Trinajstić information content (AvgIpc) is 2.83. The lowest BCUT2D eigenvalue weighted by molar-refractivity contribution is 0.415. The highest BCUT2D eigenvalue weighted by Gasteiger charge is 2.07. The highest BCUT2D eigenvalue weighted by molar-refractivity contribution is 7.22. The third-order valence-electron chi connectivity index (χ3n) is 3.03.